The third-order valence-corrected chi connectivity index (χ3v) is 3.19. The Kier molecular flexibility index (Phi) is 2.56. The number of carbonyl (C=O) groups excluding carboxylic acids is 1. The normalized spacial score (nSPS) is 10.8. The fraction of sp³-hybridized carbons (Fsp3) is 0.0667. The Bertz CT molecular complexity index is 774. The molecular weight excluding hydrogens is 238 g/mol. The van der Waals surface area contributed by atoms with Crippen LogP contribution >= 0.6 is 0 Å². The van der Waals surface area contributed by atoms with Crippen molar-refractivity contribution in [3.8, 4) is 0 Å². The molecule has 1 aromatic heterocycles. The molecule has 0 fully saturated rings. The largest absolute Gasteiger partial charge is 0.399 e. The zero-order valence-electron chi connectivity index (χ0n) is 10.5. The molecule has 0 aliphatic carbocycles. The molecule has 3 rings (SSSR count). The van der Waals surface area contributed by atoms with E-state index in [4.69, 9.17) is 5.73 Å². The van der Waals surface area contributed by atoms with Gasteiger partial charge in [-0.15, -0.1) is 0 Å². The van der Waals surface area contributed by atoms with Gasteiger partial charge in [0, 0.05) is 11.3 Å². The van der Waals surface area contributed by atoms with Gasteiger partial charge in [0.2, 0.25) is 0 Å². The van der Waals surface area contributed by atoms with Gasteiger partial charge in [0.25, 0.3) is 5.91 Å². The van der Waals surface area contributed by atoms with E-state index in [1.54, 1.807) is 29.1 Å². The Balaban J connectivity index is 2.11. The molecule has 19 heavy (non-hydrogen) atoms. The van der Waals surface area contributed by atoms with Gasteiger partial charge in [-0.2, -0.15) is 0 Å². The highest BCUT2D eigenvalue weighted by Gasteiger charge is 2.12. The molecule has 1 heterocycles. The van der Waals surface area contributed by atoms with E-state index in [1.807, 2.05) is 31.2 Å². The van der Waals surface area contributed by atoms with E-state index in [0.717, 1.165) is 16.6 Å². The molecule has 2 aromatic carbocycles. The number of benzene rings is 2. The number of hydrogen-bond acceptors (Lipinski definition) is 3. The van der Waals surface area contributed by atoms with Crippen molar-refractivity contribution in [2.75, 3.05) is 5.73 Å². The minimum atomic E-state index is -0.100. The topological polar surface area (TPSA) is 60.9 Å². The van der Waals surface area contributed by atoms with Gasteiger partial charge in [-0.05, 0) is 42.8 Å². The SMILES string of the molecule is Cc1cc(C(=O)n2cnc3ccccc32)ccc1N. The van der Waals surface area contributed by atoms with Crippen molar-refractivity contribution in [1.82, 2.24) is 9.55 Å². The molecule has 2 N–H and O–H groups in total. The molecule has 0 amide bonds. The number of anilines is 1. The number of nitrogens with zero attached hydrogens (tertiary/aromatic N) is 2. The Hall–Kier alpha value is -2.62. The molecule has 0 saturated heterocycles. The molecule has 4 heteroatoms. The van der Waals surface area contributed by atoms with Crippen LogP contribution in [-0.2, 0) is 0 Å². The highest BCUT2D eigenvalue weighted by molar-refractivity contribution is 6.01. The molecule has 0 atom stereocenters. The predicted molar refractivity (Wildman–Crippen MR) is 75.1 cm³/mol. The summed E-state index contributed by atoms with van der Waals surface area (Å²) < 4.78 is 1.56. The van der Waals surface area contributed by atoms with E-state index in [9.17, 15) is 4.79 Å². The quantitative estimate of drug-likeness (QED) is 0.676. The molecule has 4 nitrogen and oxygen atoms in total. The van der Waals surface area contributed by atoms with Gasteiger partial charge in [-0.25, -0.2) is 4.98 Å². The molecular formula is C15H13N3O. The molecule has 0 saturated carbocycles. The average Bonchev–Trinajstić information content (AvgIpc) is 2.85. The fourth-order valence-corrected chi connectivity index (χ4v) is 2.07. The summed E-state index contributed by atoms with van der Waals surface area (Å²) in [4.78, 5) is 16.7. The maximum Gasteiger partial charge on any atom is 0.263 e. The zero-order chi connectivity index (χ0) is 13.4. The molecule has 0 aliphatic heterocycles. The number of aromatic nitrogens is 2. The number of hydrogen-bond donors (Lipinski definition) is 1. The fourth-order valence-electron chi connectivity index (χ4n) is 2.07. The summed E-state index contributed by atoms with van der Waals surface area (Å²) in [7, 11) is 0. The third kappa shape index (κ3) is 1.87. The van der Waals surface area contributed by atoms with Crippen LogP contribution in [0.4, 0.5) is 5.69 Å². The first kappa shape index (κ1) is 11.5. The summed E-state index contributed by atoms with van der Waals surface area (Å²) in [5, 5.41) is 0. The van der Waals surface area contributed by atoms with Crippen molar-refractivity contribution in [3.63, 3.8) is 0 Å². The summed E-state index contributed by atoms with van der Waals surface area (Å²) >= 11 is 0. The Morgan fingerprint density at radius 2 is 2.00 bits per heavy atom. The van der Waals surface area contributed by atoms with Crippen LogP contribution in [0, 0.1) is 6.92 Å². The minimum absolute atomic E-state index is 0.100. The van der Waals surface area contributed by atoms with Gasteiger partial charge in [0.05, 0.1) is 11.0 Å². The summed E-state index contributed by atoms with van der Waals surface area (Å²) in [6, 6.07) is 12.8. The van der Waals surface area contributed by atoms with Gasteiger partial charge in [-0.3, -0.25) is 9.36 Å². The molecule has 0 aliphatic rings. The number of nitrogen functional groups attached to an aromatic ring is 1. The van der Waals surface area contributed by atoms with Crippen LogP contribution in [0.5, 0.6) is 0 Å². The summed E-state index contributed by atoms with van der Waals surface area (Å²) in [5.74, 6) is -0.100. The van der Waals surface area contributed by atoms with Gasteiger partial charge in [-0.1, -0.05) is 12.1 Å². The van der Waals surface area contributed by atoms with Crippen LogP contribution in [0.25, 0.3) is 11.0 Å². The maximum atomic E-state index is 12.5. The molecule has 94 valence electrons. The van der Waals surface area contributed by atoms with Crippen LogP contribution < -0.4 is 5.73 Å². The minimum Gasteiger partial charge on any atom is -0.399 e. The third-order valence-electron chi connectivity index (χ3n) is 3.19. The number of imidazole rings is 1. The molecule has 3 aromatic rings. The van der Waals surface area contributed by atoms with Crippen LogP contribution in [0.3, 0.4) is 0 Å². The predicted octanol–water partition coefficient (Wildman–Crippen LogP) is 2.62. The van der Waals surface area contributed by atoms with Gasteiger partial charge < -0.3 is 5.73 Å². The first-order chi connectivity index (χ1) is 9.16. The zero-order valence-corrected chi connectivity index (χ0v) is 10.5. The van der Waals surface area contributed by atoms with Crippen molar-refractivity contribution >= 4 is 22.6 Å². The molecule has 0 spiro atoms. The smallest absolute Gasteiger partial charge is 0.263 e. The van der Waals surface area contributed by atoms with E-state index < -0.39 is 0 Å². The monoisotopic (exact) mass is 251 g/mol. The first-order valence-electron chi connectivity index (χ1n) is 6.00. The van der Waals surface area contributed by atoms with Crippen molar-refractivity contribution in [1.29, 1.82) is 0 Å². The van der Waals surface area contributed by atoms with Crippen LogP contribution in [0.1, 0.15) is 15.9 Å². The van der Waals surface area contributed by atoms with E-state index in [2.05, 4.69) is 4.98 Å². The number of aryl methyl sites for hydroxylation is 1. The van der Waals surface area contributed by atoms with E-state index >= 15 is 0 Å². The standard InChI is InChI=1S/C15H13N3O/c1-10-8-11(6-7-12(10)16)15(19)18-9-17-13-4-2-3-5-14(13)18/h2-9H,16H2,1H3. The van der Waals surface area contributed by atoms with Gasteiger partial charge in [0.15, 0.2) is 0 Å². The number of nitrogens with two attached hydrogens (primary N) is 1. The van der Waals surface area contributed by atoms with Crippen LogP contribution in [-0.4, -0.2) is 15.5 Å². The van der Waals surface area contributed by atoms with Gasteiger partial charge >= 0.3 is 0 Å². The van der Waals surface area contributed by atoms with Gasteiger partial charge in [0.1, 0.15) is 6.33 Å². The second-order valence-electron chi connectivity index (χ2n) is 4.48. The van der Waals surface area contributed by atoms with E-state index in [1.165, 1.54) is 0 Å². The Labute approximate surface area is 110 Å². The lowest BCUT2D eigenvalue weighted by Gasteiger charge is -2.05. The lowest BCUT2D eigenvalue weighted by Crippen LogP contribution is -2.11. The average molecular weight is 251 g/mol. The lowest BCUT2D eigenvalue weighted by molar-refractivity contribution is 0.0964. The molecule has 0 radical (unpaired) electrons. The van der Waals surface area contributed by atoms with Crippen LogP contribution in [0.2, 0.25) is 0 Å². The van der Waals surface area contributed by atoms with Crippen LogP contribution in [0.15, 0.2) is 48.8 Å². The number of rotatable bonds is 1. The second kappa shape index (κ2) is 4.24. The number of fused-ring (bicyclic) bond motifs is 1. The second-order valence-corrected chi connectivity index (χ2v) is 4.48. The molecule has 0 bridgehead atoms. The highest BCUT2D eigenvalue weighted by Crippen LogP contribution is 2.17. The molecule has 0 unspecified atom stereocenters. The lowest BCUT2D eigenvalue weighted by atomic mass is 10.1. The number of carbonyl (C=O) groups is 1. The Morgan fingerprint density at radius 3 is 2.79 bits per heavy atom. The summed E-state index contributed by atoms with van der Waals surface area (Å²) in [5.41, 5.74) is 9.58. The van der Waals surface area contributed by atoms with Crippen molar-refractivity contribution in [2.45, 2.75) is 6.92 Å². The van der Waals surface area contributed by atoms with E-state index in [0.29, 0.717) is 11.3 Å². The van der Waals surface area contributed by atoms with Crippen molar-refractivity contribution in [2.24, 2.45) is 0 Å². The number of para-hydroxylation sites is 2. The van der Waals surface area contributed by atoms with Crippen molar-refractivity contribution < 1.29 is 4.79 Å². The Morgan fingerprint density at radius 1 is 1.21 bits per heavy atom. The van der Waals surface area contributed by atoms with E-state index in [-0.39, 0.29) is 5.91 Å². The summed E-state index contributed by atoms with van der Waals surface area (Å²) in [6.45, 7) is 1.89. The first-order valence-corrected chi connectivity index (χ1v) is 6.00. The maximum absolute atomic E-state index is 12.5. The highest BCUT2D eigenvalue weighted by atomic mass is 16.2. The summed E-state index contributed by atoms with van der Waals surface area (Å²) in [6.07, 6.45) is 1.55. The van der Waals surface area contributed by atoms with Crippen molar-refractivity contribution in [3.05, 3.63) is 59.9 Å².